The van der Waals surface area contributed by atoms with Gasteiger partial charge in [-0.25, -0.2) is 0 Å². The second-order valence-electron chi connectivity index (χ2n) is 6.21. The SMILES string of the molecule is Cc1cccc(CNC(=O)CN2CCC=C(c3ccccn3)C2)c1. The zero-order valence-corrected chi connectivity index (χ0v) is 14.0. The highest BCUT2D eigenvalue weighted by Gasteiger charge is 2.17. The quantitative estimate of drug-likeness (QED) is 0.921. The Bertz CT molecular complexity index is 725. The number of aromatic nitrogens is 1. The van der Waals surface area contributed by atoms with E-state index >= 15 is 0 Å². The van der Waals surface area contributed by atoms with E-state index < -0.39 is 0 Å². The van der Waals surface area contributed by atoms with Gasteiger partial charge in [0.15, 0.2) is 0 Å². The van der Waals surface area contributed by atoms with Crippen molar-refractivity contribution in [2.24, 2.45) is 0 Å². The van der Waals surface area contributed by atoms with Crippen molar-refractivity contribution in [1.82, 2.24) is 15.2 Å². The molecule has 3 rings (SSSR count). The number of pyridine rings is 1. The van der Waals surface area contributed by atoms with Crippen LogP contribution in [0.2, 0.25) is 0 Å². The van der Waals surface area contributed by atoms with E-state index in [4.69, 9.17) is 0 Å². The summed E-state index contributed by atoms with van der Waals surface area (Å²) in [4.78, 5) is 18.8. The summed E-state index contributed by atoms with van der Waals surface area (Å²) in [6, 6.07) is 14.2. The number of benzene rings is 1. The van der Waals surface area contributed by atoms with Crippen LogP contribution in [-0.4, -0.2) is 35.4 Å². The predicted molar refractivity (Wildman–Crippen MR) is 96.3 cm³/mol. The van der Waals surface area contributed by atoms with Crippen LogP contribution >= 0.6 is 0 Å². The number of nitrogens with zero attached hydrogens (tertiary/aromatic N) is 2. The zero-order chi connectivity index (χ0) is 16.8. The summed E-state index contributed by atoms with van der Waals surface area (Å²) >= 11 is 0. The van der Waals surface area contributed by atoms with E-state index in [0.717, 1.165) is 30.8 Å². The van der Waals surface area contributed by atoms with E-state index in [2.05, 4.69) is 40.3 Å². The van der Waals surface area contributed by atoms with E-state index in [1.54, 1.807) is 0 Å². The molecule has 1 aliphatic rings. The largest absolute Gasteiger partial charge is 0.351 e. The average Bonchev–Trinajstić information content (AvgIpc) is 2.61. The molecule has 0 saturated carbocycles. The van der Waals surface area contributed by atoms with Crippen LogP contribution in [0.3, 0.4) is 0 Å². The molecule has 1 aromatic heterocycles. The smallest absolute Gasteiger partial charge is 0.234 e. The third-order valence-electron chi connectivity index (χ3n) is 4.16. The molecule has 0 saturated heterocycles. The lowest BCUT2D eigenvalue weighted by Gasteiger charge is -2.26. The molecule has 0 bridgehead atoms. The molecular weight excluding hydrogens is 298 g/mol. The maximum absolute atomic E-state index is 12.2. The standard InChI is InChI=1S/C20H23N3O/c1-16-6-4-7-17(12-16)13-22-20(24)15-23-11-5-8-18(14-23)19-9-2-3-10-21-19/h2-4,6-10,12H,5,11,13-15H2,1H3,(H,22,24). The van der Waals surface area contributed by atoms with Crippen LogP contribution in [0.15, 0.2) is 54.7 Å². The second kappa shape index (κ2) is 7.88. The number of hydrogen-bond donors (Lipinski definition) is 1. The minimum absolute atomic E-state index is 0.0683. The van der Waals surface area contributed by atoms with Gasteiger partial charge in [-0.15, -0.1) is 0 Å². The van der Waals surface area contributed by atoms with E-state index in [9.17, 15) is 4.79 Å². The first-order chi connectivity index (χ1) is 11.7. The third-order valence-corrected chi connectivity index (χ3v) is 4.16. The van der Waals surface area contributed by atoms with Gasteiger partial charge in [0.1, 0.15) is 0 Å². The monoisotopic (exact) mass is 321 g/mol. The molecule has 1 amide bonds. The molecule has 2 heterocycles. The maximum atomic E-state index is 12.2. The van der Waals surface area contributed by atoms with Crippen molar-refractivity contribution in [1.29, 1.82) is 0 Å². The van der Waals surface area contributed by atoms with Gasteiger partial charge < -0.3 is 5.32 Å². The van der Waals surface area contributed by atoms with Gasteiger partial charge in [0.25, 0.3) is 0 Å². The molecule has 0 radical (unpaired) electrons. The maximum Gasteiger partial charge on any atom is 0.234 e. The molecule has 24 heavy (non-hydrogen) atoms. The Balaban J connectivity index is 1.51. The fourth-order valence-electron chi connectivity index (χ4n) is 2.96. The Morgan fingerprint density at radius 3 is 2.96 bits per heavy atom. The molecule has 124 valence electrons. The van der Waals surface area contributed by atoms with Crippen molar-refractivity contribution in [2.45, 2.75) is 19.9 Å². The molecule has 0 spiro atoms. The van der Waals surface area contributed by atoms with Crippen LogP contribution in [0.4, 0.5) is 0 Å². The number of amides is 1. The molecule has 2 aromatic rings. The molecular formula is C20H23N3O. The zero-order valence-electron chi connectivity index (χ0n) is 14.0. The van der Waals surface area contributed by atoms with Gasteiger partial charge in [-0.1, -0.05) is 42.0 Å². The molecule has 0 atom stereocenters. The van der Waals surface area contributed by atoms with Crippen molar-refractivity contribution in [2.75, 3.05) is 19.6 Å². The van der Waals surface area contributed by atoms with Gasteiger partial charge in [0, 0.05) is 25.8 Å². The lowest BCUT2D eigenvalue weighted by molar-refractivity contribution is -0.122. The lowest BCUT2D eigenvalue weighted by Crippen LogP contribution is -2.39. The Morgan fingerprint density at radius 2 is 2.17 bits per heavy atom. The van der Waals surface area contributed by atoms with Crippen LogP contribution in [0.25, 0.3) is 5.57 Å². The number of aryl methyl sites for hydroxylation is 1. The molecule has 1 aromatic carbocycles. The van der Waals surface area contributed by atoms with Crippen LogP contribution in [0.5, 0.6) is 0 Å². The molecule has 0 aliphatic carbocycles. The minimum atomic E-state index is 0.0683. The number of hydrogen-bond acceptors (Lipinski definition) is 3. The molecule has 1 N–H and O–H groups in total. The normalized spacial score (nSPS) is 15.0. The van der Waals surface area contributed by atoms with Gasteiger partial charge in [-0.05, 0) is 36.6 Å². The number of nitrogens with one attached hydrogen (secondary N) is 1. The van der Waals surface area contributed by atoms with Gasteiger partial charge in [0.05, 0.1) is 12.2 Å². The van der Waals surface area contributed by atoms with Crippen molar-refractivity contribution >= 4 is 11.5 Å². The van der Waals surface area contributed by atoms with Crippen molar-refractivity contribution in [3.8, 4) is 0 Å². The number of carbonyl (C=O) groups is 1. The molecule has 4 heteroatoms. The highest BCUT2D eigenvalue weighted by atomic mass is 16.2. The van der Waals surface area contributed by atoms with E-state index in [1.807, 2.05) is 36.5 Å². The minimum Gasteiger partial charge on any atom is -0.351 e. The Labute approximate surface area is 143 Å². The Kier molecular flexibility index (Phi) is 5.39. The first kappa shape index (κ1) is 16.4. The molecule has 4 nitrogen and oxygen atoms in total. The van der Waals surface area contributed by atoms with Crippen molar-refractivity contribution in [3.05, 3.63) is 71.6 Å². The van der Waals surface area contributed by atoms with Crippen LogP contribution < -0.4 is 5.32 Å². The molecule has 1 aliphatic heterocycles. The van der Waals surface area contributed by atoms with Crippen LogP contribution in [0, 0.1) is 6.92 Å². The third kappa shape index (κ3) is 4.52. The number of rotatable bonds is 5. The van der Waals surface area contributed by atoms with Gasteiger partial charge in [-0.2, -0.15) is 0 Å². The predicted octanol–water partition coefficient (Wildman–Crippen LogP) is 2.80. The summed E-state index contributed by atoms with van der Waals surface area (Å²) in [7, 11) is 0. The summed E-state index contributed by atoms with van der Waals surface area (Å²) in [5.74, 6) is 0.0683. The van der Waals surface area contributed by atoms with E-state index in [-0.39, 0.29) is 5.91 Å². The van der Waals surface area contributed by atoms with Gasteiger partial charge in [0.2, 0.25) is 5.91 Å². The summed E-state index contributed by atoms with van der Waals surface area (Å²) in [6.07, 6.45) is 4.99. The first-order valence-electron chi connectivity index (χ1n) is 8.36. The average molecular weight is 321 g/mol. The fraction of sp³-hybridized carbons (Fsp3) is 0.300. The highest BCUT2D eigenvalue weighted by Crippen LogP contribution is 2.18. The van der Waals surface area contributed by atoms with Crippen LogP contribution in [0.1, 0.15) is 23.2 Å². The second-order valence-corrected chi connectivity index (χ2v) is 6.21. The van der Waals surface area contributed by atoms with Gasteiger partial charge >= 0.3 is 0 Å². The van der Waals surface area contributed by atoms with Gasteiger partial charge in [-0.3, -0.25) is 14.7 Å². The topological polar surface area (TPSA) is 45.2 Å². The van der Waals surface area contributed by atoms with Crippen LogP contribution in [-0.2, 0) is 11.3 Å². The highest BCUT2D eigenvalue weighted by molar-refractivity contribution is 5.78. The summed E-state index contributed by atoms with van der Waals surface area (Å²) in [5.41, 5.74) is 4.55. The van der Waals surface area contributed by atoms with E-state index in [1.165, 1.54) is 11.1 Å². The van der Waals surface area contributed by atoms with Crippen molar-refractivity contribution in [3.63, 3.8) is 0 Å². The Hall–Kier alpha value is -2.46. The molecule has 0 unspecified atom stereocenters. The van der Waals surface area contributed by atoms with Crippen molar-refractivity contribution < 1.29 is 4.79 Å². The molecule has 0 fully saturated rings. The Morgan fingerprint density at radius 1 is 1.25 bits per heavy atom. The fourth-order valence-corrected chi connectivity index (χ4v) is 2.96. The summed E-state index contributed by atoms with van der Waals surface area (Å²) in [6.45, 7) is 4.75. The first-order valence-corrected chi connectivity index (χ1v) is 8.36. The summed E-state index contributed by atoms with van der Waals surface area (Å²) < 4.78 is 0. The summed E-state index contributed by atoms with van der Waals surface area (Å²) in [5, 5.41) is 3.01. The number of carbonyl (C=O) groups excluding carboxylic acids is 1. The van der Waals surface area contributed by atoms with E-state index in [0.29, 0.717) is 13.1 Å². The lowest BCUT2D eigenvalue weighted by atomic mass is 10.1.